The molecule has 6 heterocycles. The topological polar surface area (TPSA) is 495 Å². The molecule has 14 unspecified atom stereocenters. The van der Waals surface area contributed by atoms with E-state index < -0.39 is 259 Å². The molecule has 38 atom stereocenters. The Morgan fingerprint density at radius 3 is 1.65 bits per heavy atom. The normalized spacial score (nSPS) is 50.3. The molecule has 2 aromatic carbocycles. The second kappa shape index (κ2) is 30.4. The van der Waals surface area contributed by atoms with E-state index in [1.54, 1.807) is 36.4 Å². The molecule has 32 heteroatoms. The first-order chi connectivity index (χ1) is 50.9. The minimum atomic E-state index is -2.38. The van der Waals surface area contributed by atoms with Crippen molar-refractivity contribution in [3.8, 4) is 0 Å². The molecular weight excluding hydrogens is 1420 g/mol. The maximum Gasteiger partial charge on any atom is 0.338 e. The Morgan fingerprint density at radius 1 is 0.500 bits per heavy atom. The second-order valence-corrected chi connectivity index (χ2v) is 34.0. The number of esters is 2. The van der Waals surface area contributed by atoms with Crippen molar-refractivity contribution in [2.75, 3.05) is 13.2 Å². The quantitative estimate of drug-likeness (QED) is 0.0484. The van der Waals surface area contributed by atoms with Gasteiger partial charge in [0.15, 0.2) is 49.9 Å². The fraction of sp³-hybridized carbons (Fsp3) is 0.776. The van der Waals surface area contributed by atoms with Gasteiger partial charge in [0.2, 0.25) is 0 Å². The molecule has 1 spiro atoms. The lowest BCUT2D eigenvalue weighted by atomic mass is 9.30. The molecule has 0 amide bonds. The van der Waals surface area contributed by atoms with Gasteiger partial charge < -0.3 is 143 Å². The molecule has 0 radical (unpaired) electrons. The van der Waals surface area contributed by atoms with E-state index in [4.69, 9.17) is 61.6 Å². The zero-order chi connectivity index (χ0) is 78.2. The Balaban J connectivity index is 0.808. The monoisotopic (exact) mass is 1530 g/mol. The second-order valence-electron chi connectivity index (χ2n) is 34.0. The Morgan fingerprint density at radius 2 is 1.02 bits per heavy atom. The van der Waals surface area contributed by atoms with Crippen molar-refractivity contribution in [1.29, 1.82) is 0 Å². The molecule has 11 aliphatic rings. The minimum absolute atomic E-state index is 0.0823. The summed E-state index contributed by atoms with van der Waals surface area (Å²) in [6.07, 6.45) is -49.2. The molecular formula is C76H108O32. The highest BCUT2D eigenvalue weighted by atomic mass is 16.8. The van der Waals surface area contributed by atoms with Gasteiger partial charge in [-0.15, -0.1) is 0 Å². The number of benzene rings is 2. The summed E-state index contributed by atoms with van der Waals surface area (Å²) in [6.45, 7) is 15.1. The van der Waals surface area contributed by atoms with Gasteiger partial charge in [-0.25, -0.2) is 14.4 Å². The van der Waals surface area contributed by atoms with E-state index in [0.29, 0.717) is 37.7 Å². The molecule has 16 N–H and O–H groups in total. The van der Waals surface area contributed by atoms with E-state index in [-0.39, 0.29) is 36.7 Å². The van der Waals surface area contributed by atoms with E-state index in [2.05, 4.69) is 20.8 Å². The smallest absolute Gasteiger partial charge is 0.338 e. The maximum atomic E-state index is 14.4. The molecule has 5 aliphatic carbocycles. The third-order valence-corrected chi connectivity index (χ3v) is 27.5. The van der Waals surface area contributed by atoms with Crippen LogP contribution in [0.2, 0.25) is 0 Å². The third-order valence-electron chi connectivity index (χ3n) is 27.5. The number of carbonyl (C=O) groups excluding carboxylic acids is 2. The largest absolute Gasteiger partial charge is 0.479 e. The lowest BCUT2D eigenvalue weighted by Crippen LogP contribution is -2.77. The summed E-state index contributed by atoms with van der Waals surface area (Å²) in [5.41, 5.74) is -5.88. The highest BCUT2D eigenvalue weighted by Gasteiger charge is 2.86. The molecule has 0 aromatic heterocycles. The summed E-state index contributed by atoms with van der Waals surface area (Å²) in [7, 11) is 0. The van der Waals surface area contributed by atoms with Gasteiger partial charge in [-0.2, -0.15) is 0 Å². The Bertz CT molecular complexity index is 3520. The SMILES string of the molecule is C[C@@H]1OC(O[C@H]2C(O)[C@@H](O)C(CO)O[C@H]2OC2[C@H](O)C(C(=O)O)O[C@@H](O[C@H]3CC[C@@]4(C)C(CC[C@]5(C)C4CC[C@]46O[C@H](O)[C@]7(C4CC(C)(C)[C@@H](OC(=O)c4ccccc4)[C@@H]7OC(=O)C=Cc4ccccc4)[C@H](O)C[C@]65C)C3(C)C)[C@H]2O[C@@H]2OC(CO)[C@@H](O)C(O)[C@@H]2O)C(OC2O[C@@H](C)[C@H](O)C(O)[C@@H]2O)[C@@H](O)C1O. The molecule has 11 fully saturated rings. The number of carboxylic acids is 1. The van der Waals surface area contributed by atoms with Gasteiger partial charge >= 0.3 is 17.9 Å². The number of hydrogen-bond donors (Lipinski definition) is 16. The van der Waals surface area contributed by atoms with Crippen LogP contribution >= 0.6 is 0 Å². The van der Waals surface area contributed by atoms with E-state index in [0.717, 1.165) is 0 Å². The van der Waals surface area contributed by atoms with Crippen molar-refractivity contribution >= 4 is 24.0 Å². The van der Waals surface area contributed by atoms with Crippen molar-refractivity contribution < 1.29 is 158 Å². The first kappa shape index (κ1) is 81.6. The number of aliphatic carboxylic acids is 1. The summed E-state index contributed by atoms with van der Waals surface area (Å²) in [5.74, 6) is -4.27. The van der Waals surface area contributed by atoms with Gasteiger partial charge in [0.05, 0.1) is 54.2 Å². The fourth-order valence-corrected chi connectivity index (χ4v) is 21.6. The number of rotatable bonds is 18. The van der Waals surface area contributed by atoms with Gasteiger partial charge in [0.1, 0.15) is 110 Å². The Hall–Kier alpha value is -4.45. The van der Waals surface area contributed by atoms with Gasteiger partial charge in [-0.3, -0.25) is 0 Å². The third kappa shape index (κ3) is 13.3. The van der Waals surface area contributed by atoms with Gasteiger partial charge in [0.25, 0.3) is 0 Å². The number of aliphatic hydroxyl groups is 15. The molecule has 13 rings (SSSR count). The van der Waals surface area contributed by atoms with Crippen LogP contribution in [-0.2, 0) is 71.2 Å². The summed E-state index contributed by atoms with van der Waals surface area (Å²) >= 11 is 0. The van der Waals surface area contributed by atoms with E-state index >= 15 is 0 Å². The zero-order valence-electron chi connectivity index (χ0n) is 61.7. The van der Waals surface area contributed by atoms with Crippen LogP contribution in [0, 0.1) is 50.2 Å². The predicted molar refractivity (Wildman–Crippen MR) is 365 cm³/mol. The highest BCUT2D eigenvalue weighted by molar-refractivity contribution is 5.90. The van der Waals surface area contributed by atoms with E-state index in [9.17, 15) is 96.1 Å². The first-order valence-corrected chi connectivity index (χ1v) is 37.6. The predicted octanol–water partition coefficient (Wildman–Crippen LogP) is -0.990. The lowest BCUT2D eigenvalue weighted by molar-refractivity contribution is -0.412. The first-order valence-electron chi connectivity index (χ1n) is 37.6. The highest BCUT2D eigenvalue weighted by Crippen LogP contribution is 2.82. The average molecular weight is 1530 g/mol. The van der Waals surface area contributed by atoms with Gasteiger partial charge in [-0.1, -0.05) is 97.0 Å². The van der Waals surface area contributed by atoms with Crippen LogP contribution in [0.5, 0.6) is 0 Å². The zero-order valence-corrected chi connectivity index (χ0v) is 61.7. The molecule has 2 bridgehead atoms. The van der Waals surface area contributed by atoms with Crippen molar-refractivity contribution in [1.82, 2.24) is 0 Å². The number of carboxylic acid groups (broad SMARTS) is 1. The number of fused-ring (bicyclic) bond motifs is 4. The Kier molecular flexibility index (Phi) is 22.9. The molecule has 604 valence electrons. The molecule has 6 aliphatic heterocycles. The number of carbonyl (C=O) groups is 3. The van der Waals surface area contributed by atoms with Crippen LogP contribution < -0.4 is 0 Å². The van der Waals surface area contributed by atoms with Gasteiger partial charge in [0, 0.05) is 22.8 Å². The number of hydrogen-bond acceptors (Lipinski definition) is 31. The van der Waals surface area contributed by atoms with Crippen LogP contribution in [0.15, 0.2) is 66.7 Å². The van der Waals surface area contributed by atoms with Crippen molar-refractivity contribution in [3.05, 3.63) is 77.9 Å². The van der Waals surface area contributed by atoms with E-state index in [1.165, 1.54) is 19.9 Å². The summed E-state index contributed by atoms with van der Waals surface area (Å²) < 4.78 is 82.4. The average Bonchev–Trinajstić information content (AvgIpc) is 1.41. The fourth-order valence-electron chi connectivity index (χ4n) is 21.6. The van der Waals surface area contributed by atoms with Crippen LogP contribution in [0.3, 0.4) is 0 Å². The number of ether oxygens (including phenoxy) is 13. The number of aliphatic hydroxyl groups excluding tert-OH is 15. The maximum absolute atomic E-state index is 14.4. The van der Waals surface area contributed by atoms with Crippen molar-refractivity contribution in [2.24, 2.45) is 50.2 Å². The van der Waals surface area contributed by atoms with Crippen LogP contribution in [0.25, 0.3) is 6.08 Å². The molecule has 32 nitrogen and oxygen atoms in total. The summed E-state index contributed by atoms with van der Waals surface area (Å²) in [5, 5.41) is 183. The van der Waals surface area contributed by atoms with Crippen LogP contribution in [0.4, 0.5) is 0 Å². The van der Waals surface area contributed by atoms with Crippen LogP contribution in [0.1, 0.15) is 130 Å². The minimum Gasteiger partial charge on any atom is -0.479 e. The standard InChI is InChI=1S/C76H108O32/c1-32-44(81)48(85)52(89)64(96-32)104-57-50(87)45(82)33(2)97-66(57)105-58-51(88)47(84)37(31-78)99-67(58)102-55-54(91)56(62(92)93)103-68(59(55)106-65-53(90)49(86)46(83)36(30-77)98-65)100-42-24-25-72(7)38(71(42,5)6)22-26-73(8)39(72)23-27-75-40-28-70(3,4)60(107-63(94)35-18-14-11-15-19-35)61(101-43(80)21-20-34-16-12-10-13-17-34)76(40,69(95)108-75)41(79)29-74(73,75)9/h10-21,32-33,36-42,44-61,64-69,77-79,81-91,95H,22-31H2,1-9H3,(H,92,93)/t32-,33-,36?,37?,38?,39?,40?,41+,42-,44-,45?,46+,47-,48?,49?,50-,51?,52-,53-,54-,55?,56?,57?,58-,59-,60-,61-,64?,65-,66?,67-,68+,69-,72-,73+,74-,75-,76+/m0/s1. The van der Waals surface area contributed by atoms with Gasteiger partial charge in [-0.05, 0) is 117 Å². The summed E-state index contributed by atoms with van der Waals surface area (Å²) in [4.78, 5) is 42.2. The van der Waals surface area contributed by atoms with E-state index in [1.807, 2.05) is 58.0 Å². The Labute approximate surface area is 624 Å². The van der Waals surface area contributed by atoms with Crippen molar-refractivity contribution in [2.45, 2.75) is 304 Å². The lowest BCUT2D eigenvalue weighted by Gasteiger charge is -2.75. The molecule has 6 saturated heterocycles. The van der Waals surface area contributed by atoms with Crippen LogP contribution in [-0.4, -0.2) is 303 Å². The molecule has 2 aromatic rings. The molecule has 108 heavy (non-hydrogen) atoms. The molecule has 5 saturated carbocycles. The van der Waals surface area contributed by atoms with Crippen molar-refractivity contribution in [3.63, 3.8) is 0 Å². The summed E-state index contributed by atoms with van der Waals surface area (Å²) in [6, 6.07) is 17.5.